The van der Waals surface area contributed by atoms with Gasteiger partial charge in [-0.05, 0) is 174 Å². The lowest BCUT2D eigenvalue weighted by molar-refractivity contribution is 0.102. The monoisotopic (exact) mass is 1360 g/mol. The Morgan fingerprint density at radius 2 is 0.441 bits per heavy atom. The van der Waals surface area contributed by atoms with Crippen molar-refractivity contribution in [3.8, 4) is 44.5 Å². The molecule has 0 aliphatic rings. The maximum Gasteiger partial charge on any atom is 0.193 e. The molecule has 4 heteroatoms. The number of ketones is 4. The average Bonchev–Trinajstić information content (AvgIpc) is 0.745. The fourth-order valence-corrected chi connectivity index (χ4v) is 14.5. The zero-order chi connectivity index (χ0) is 73.5. The van der Waals surface area contributed by atoms with Crippen molar-refractivity contribution in [3.63, 3.8) is 0 Å². The van der Waals surface area contributed by atoms with E-state index in [9.17, 15) is 0 Å². The van der Waals surface area contributed by atoms with E-state index in [1.807, 2.05) is 72.8 Å². The molecule has 0 N–H and O–H groups in total. The molecule has 0 radical (unpaired) electrons. The molecule has 9 rings (SSSR count). The van der Waals surface area contributed by atoms with E-state index in [2.05, 4.69) is 220 Å². The normalized spacial score (nSPS) is 12.1. The summed E-state index contributed by atoms with van der Waals surface area (Å²) in [5.74, 6) is -0.249. The van der Waals surface area contributed by atoms with E-state index in [4.69, 9.17) is 0 Å². The molecule has 0 aromatic heterocycles. The van der Waals surface area contributed by atoms with Gasteiger partial charge in [-0.15, -0.1) is 0 Å². The Hall–Kier alpha value is -8.34. The molecule has 0 aliphatic heterocycles. The first-order valence-corrected chi connectivity index (χ1v) is 39.0. The molecule has 9 aromatic carbocycles. The van der Waals surface area contributed by atoms with Gasteiger partial charge in [0.15, 0.2) is 23.1 Å². The maximum absolute atomic E-state index is 16.6. The molecule has 0 unspecified atom stereocenters. The molecule has 0 saturated heterocycles. The topological polar surface area (TPSA) is 68.3 Å². The van der Waals surface area contributed by atoms with Crippen LogP contribution < -0.4 is 0 Å². The zero-order valence-corrected chi connectivity index (χ0v) is 65.1. The Kier molecular flexibility index (Phi) is 26.5. The third kappa shape index (κ3) is 19.3. The highest BCUT2D eigenvalue weighted by atomic mass is 16.1. The summed E-state index contributed by atoms with van der Waals surface area (Å²) in [6.45, 7) is 35.4. The molecule has 0 saturated carbocycles. The predicted molar refractivity (Wildman–Crippen MR) is 434 cm³/mol. The summed E-state index contributed by atoms with van der Waals surface area (Å²) in [5.41, 5.74) is 20.7. The van der Waals surface area contributed by atoms with Crippen molar-refractivity contribution in [1.82, 2.24) is 0 Å². The molecule has 0 atom stereocenters. The van der Waals surface area contributed by atoms with Gasteiger partial charge < -0.3 is 0 Å². The smallest absolute Gasteiger partial charge is 0.193 e. The van der Waals surface area contributed by atoms with E-state index in [1.165, 1.54) is 11.1 Å². The largest absolute Gasteiger partial charge is 0.289 e. The third-order valence-corrected chi connectivity index (χ3v) is 21.1. The lowest BCUT2D eigenvalue weighted by atomic mass is 9.79. The molecule has 0 amide bonds. The third-order valence-electron chi connectivity index (χ3n) is 21.1. The number of carbonyl (C=O) groups is 4. The summed E-state index contributed by atoms with van der Waals surface area (Å²) in [7, 11) is 0. The average molecular weight is 1360 g/mol. The van der Waals surface area contributed by atoms with Gasteiger partial charge in [0.1, 0.15) is 0 Å². The Balaban J connectivity index is 1.40. The van der Waals surface area contributed by atoms with Crippen LogP contribution in [0.3, 0.4) is 0 Å². The van der Waals surface area contributed by atoms with Gasteiger partial charge in [0, 0.05) is 44.5 Å². The minimum atomic E-state index is -0.144. The Bertz CT molecular complexity index is 4050. The van der Waals surface area contributed by atoms with E-state index in [0.717, 1.165) is 206 Å². The van der Waals surface area contributed by atoms with Gasteiger partial charge in [-0.2, -0.15) is 0 Å². The molecule has 0 fully saturated rings. The maximum atomic E-state index is 16.6. The number of benzene rings is 9. The fraction of sp³-hybridized carbons (Fsp3) is 0.408. The van der Waals surface area contributed by atoms with Gasteiger partial charge in [-0.3, -0.25) is 19.2 Å². The fourth-order valence-electron chi connectivity index (χ4n) is 14.5. The quantitative estimate of drug-likeness (QED) is 0.0311. The van der Waals surface area contributed by atoms with Crippen LogP contribution in [-0.2, 0) is 47.3 Å². The van der Waals surface area contributed by atoms with Crippen LogP contribution >= 0.6 is 0 Å². The predicted octanol–water partition coefficient (Wildman–Crippen LogP) is 27.0. The molecule has 0 heterocycles. The molecular formula is C98H118O4. The SMILES string of the molecule is CCCCCCc1cc(-c2cc(C(=O)c3ccc(C(C)(C)C)cc3)c(-c3cc(CCCCCC)c(-c4ccccc4C(=O)c4ccc(C(C)(C)C)cc4)cc3CCCCCC)cc2C(=O)c2ccc(C(C)(C)C)cc2)c(CCCCCC)cc1-c1ccccc1C(=O)c1ccc(C(C)(C)C)cc1. The van der Waals surface area contributed by atoms with Crippen LogP contribution in [0.1, 0.15) is 322 Å². The second-order valence-corrected chi connectivity index (χ2v) is 33.2. The second kappa shape index (κ2) is 34.8. The van der Waals surface area contributed by atoms with Gasteiger partial charge in [0.2, 0.25) is 0 Å². The molecule has 4 nitrogen and oxygen atoms in total. The van der Waals surface area contributed by atoms with Crippen molar-refractivity contribution in [2.45, 2.75) is 261 Å². The van der Waals surface area contributed by atoms with E-state index in [1.54, 1.807) is 0 Å². The van der Waals surface area contributed by atoms with Gasteiger partial charge in [-0.25, -0.2) is 0 Å². The minimum absolute atomic E-state index is 0.0160. The van der Waals surface area contributed by atoms with E-state index >= 15 is 19.2 Å². The van der Waals surface area contributed by atoms with Crippen LogP contribution in [0.5, 0.6) is 0 Å². The lowest BCUT2D eigenvalue weighted by Crippen LogP contribution is -2.14. The summed E-state index contributed by atoms with van der Waals surface area (Å²) in [5, 5.41) is 0. The van der Waals surface area contributed by atoms with Crippen LogP contribution in [0.2, 0.25) is 0 Å². The number of aryl methyl sites for hydroxylation is 4. The summed E-state index contributed by atoms with van der Waals surface area (Å²) < 4.78 is 0. The van der Waals surface area contributed by atoms with Crippen LogP contribution in [0.4, 0.5) is 0 Å². The highest BCUT2D eigenvalue weighted by molar-refractivity contribution is 6.19. The Morgan fingerprint density at radius 3 is 0.667 bits per heavy atom. The minimum Gasteiger partial charge on any atom is -0.289 e. The first-order chi connectivity index (χ1) is 48.7. The van der Waals surface area contributed by atoms with Crippen molar-refractivity contribution in [2.24, 2.45) is 0 Å². The summed E-state index contributed by atoms with van der Waals surface area (Å²) in [4.78, 5) is 63.5. The molecule has 9 aromatic rings. The molecular weight excluding hydrogens is 1240 g/mol. The first kappa shape index (κ1) is 77.8. The Morgan fingerprint density at radius 1 is 0.225 bits per heavy atom. The van der Waals surface area contributed by atoms with Crippen LogP contribution in [0.25, 0.3) is 44.5 Å². The summed E-state index contributed by atoms with van der Waals surface area (Å²) in [6, 6.07) is 62.7. The second-order valence-electron chi connectivity index (χ2n) is 33.2. The van der Waals surface area contributed by atoms with Crippen LogP contribution in [-0.4, -0.2) is 23.1 Å². The highest BCUT2D eigenvalue weighted by Crippen LogP contribution is 2.45. The van der Waals surface area contributed by atoms with Crippen molar-refractivity contribution >= 4 is 23.1 Å². The van der Waals surface area contributed by atoms with Crippen LogP contribution in [0, 0.1) is 0 Å². The van der Waals surface area contributed by atoms with Crippen molar-refractivity contribution in [3.05, 3.63) is 271 Å². The molecule has 102 heavy (non-hydrogen) atoms. The van der Waals surface area contributed by atoms with Gasteiger partial charge in [-0.1, -0.05) is 358 Å². The number of rotatable bonds is 32. The molecule has 534 valence electrons. The van der Waals surface area contributed by atoms with Crippen molar-refractivity contribution in [1.29, 1.82) is 0 Å². The number of carbonyl (C=O) groups excluding carboxylic acids is 4. The number of unbranched alkanes of at least 4 members (excludes halogenated alkanes) is 12. The number of hydrogen-bond donors (Lipinski definition) is 0. The molecule has 0 bridgehead atoms. The standard InChI is InChI=1S/C98H118O4/c1-17-21-25-29-37-71-63-85(73(39-31-27-23-19-3)61-83(71)79-41-33-35-43-81(79)91(99)67-45-53-75(54-46-67)95(5,6)7)87-65-90(94(102)70-51-59-78(60-52-70)98(14,15)16)88(66-89(87)93(101)69-49-57-77(58-50-69)97(11,12)13)86-64-72(38-30-26-22-18-2)84(62-74(86)40-32-28-24-20-4)80-42-34-36-44-82(80)92(100)68-47-55-76(56-48-68)96(8,9)10/h33-36,41-66H,17-32,37-40H2,1-16H3. The highest BCUT2D eigenvalue weighted by Gasteiger charge is 2.30. The van der Waals surface area contributed by atoms with Crippen molar-refractivity contribution in [2.75, 3.05) is 0 Å². The van der Waals surface area contributed by atoms with Crippen molar-refractivity contribution < 1.29 is 19.2 Å². The summed E-state index contributed by atoms with van der Waals surface area (Å²) >= 11 is 0. The van der Waals surface area contributed by atoms with Gasteiger partial charge in [0.25, 0.3) is 0 Å². The van der Waals surface area contributed by atoms with Gasteiger partial charge in [0.05, 0.1) is 0 Å². The van der Waals surface area contributed by atoms with E-state index in [0.29, 0.717) is 44.5 Å². The summed E-state index contributed by atoms with van der Waals surface area (Å²) in [6.07, 6.45) is 19.6. The van der Waals surface area contributed by atoms with Gasteiger partial charge >= 0.3 is 0 Å². The van der Waals surface area contributed by atoms with E-state index in [-0.39, 0.29) is 44.8 Å². The number of hydrogen-bond acceptors (Lipinski definition) is 4. The molecule has 0 spiro atoms. The van der Waals surface area contributed by atoms with Crippen LogP contribution in [0.15, 0.2) is 182 Å². The zero-order valence-electron chi connectivity index (χ0n) is 65.1. The van der Waals surface area contributed by atoms with E-state index < -0.39 is 0 Å². The molecule has 0 aliphatic carbocycles. The Labute approximate surface area is 615 Å². The first-order valence-electron chi connectivity index (χ1n) is 39.0. The lowest BCUT2D eigenvalue weighted by Gasteiger charge is -2.24.